The van der Waals surface area contributed by atoms with Crippen molar-refractivity contribution in [1.82, 2.24) is 14.8 Å². The Balaban J connectivity index is 1.67. The van der Waals surface area contributed by atoms with Gasteiger partial charge >= 0.3 is 5.97 Å². The third-order valence-electron chi connectivity index (χ3n) is 4.11. The molecule has 7 nitrogen and oxygen atoms in total. The van der Waals surface area contributed by atoms with Gasteiger partial charge in [-0.3, -0.25) is 4.79 Å². The molecule has 3 aromatic rings. The zero-order valence-corrected chi connectivity index (χ0v) is 17.7. The number of aryl methyl sites for hydroxylation is 1. The first kappa shape index (κ1) is 20.9. The molecule has 0 saturated carbocycles. The number of hydrogen-bond acceptors (Lipinski definition) is 6. The van der Waals surface area contributed by atoms with Crippen LogP contribution in [0.4, 0.5) is 5.69 Å². The lowest BCUT2D eigenvalue weighted by atomic mass is 10.1. The molecular formula is C20H19ClN4O3S. The molecule has 1 aromatic heterocycles. The fourth-order valence-corrected chi connectivity index (χ4v) is 3.53. The lowest BCUT2D eigenvalue weighted by Crippen LogP contribution is -2.15. The molecule has 0 saturated heterocycles. The van der Waals surface area contributed by atoms with Crippen LogP contribution >= 0.6 is 23.4 Å². The van der Waals surface area contributed by atoms with Gasteiger partial charge in [-0.25, -0.2) is 4.79 Å². The predicted molar refractivity (Wildman–Crippen MR) is 113 cm³/mol. The summed E-state index contributed by atoms with van der Waals surface area (Å²) in [6.45, 7) is 2.01. The first-order valence-electron chi connectivity index (χ1n) is 8.66. The molecule has 0 aliphatic heterocycles. The second kappa shape index (κ2) is 9.11. The average Bonchev–Trinajstić information content (AvgIpc) is 3.08. The number of aromatic nitrogens is 3. The van der Waals surface area contributed by atoms with Crippen molar-refractivity contribution in [3.8, 4) is 11.4 Å². The summed E-state index contributed by atoms with van der Waals surface area (Å²) in [5.41, 5.74) is 2.74. The fourth-order valence-electron chi connectivity index (χ4n) is 2.66. The van der Waals surface area contributed by atoms with Crippen molar-refractivity contribution in [1.29, 1.82) is 0 Å². The van der Waals surface area contributed by atoms with Crippen molar-refractivity contribution in [2.45, 2.75) is 12.1 Å². The van der Waals surface area contributed by atoms with E-state index in [1.54, 1.807) is 0 Å². The number of hydrogen-bond donors (Lipinski definition) is 1. The van der Waals surface area contributed by atoms with E-state index in [0.29, 0.717) is 21.4 Å². The molecule has 9 heteroatoms. The smallest absolute Gasteiger partial charge is 0.337 e. The highest BCUT2D eigenvalue weighted by Crippen LogP contribution is 2.26. The number of halogens is 1. The standard InChI is InChI=1S/C20H19ClN4O3S/c1-12-5-4-6-13(9-12)18-23-24-20(25(18)2)29-11-17(26)22-16-10-14(19(27)28-3)7-8-15(16)21/h4-10H,11H2,1-3H3,(H,22,26). The highest BCUT2D eigenvalue weighted by molar-refractivity contribution is 7.99. The quantitative estimate of drug-likeness (QED) is 0.470. The van der Waals surface area contributed by atoms with E-state index in [0.717, 1.165) is 17.0 Å². The zero-order chi connectivity index (χ0) is 21.0. The highest BCUT2D eigenvalue weighted by Gasteiger charge is 2.15. The van der Waals surface area contributed by atoms with Crippen LogP contribution in [0.5, 0.6) is 0 Å². The van der Waals surface area contributed by atoms with Crippen molar-refractivity contribution in [2.24, 2.45) is 7.05 Å². The lowest BCUT2D eigenvalue weighted by Gasteiger charge is -2.09. The summed E-state index contributed by atoms with van der Waals surface area (Å²) in [5.74, 6) is 0.0530. The molecule has 29 heavy (non-hydrogen) atoms. The summed E-state index contributed by atoms with van der Waals surface area (Å²) in [4.78, 5) is 24.0. The normalized spacial score (nSPS) is 10.6. The number of anilines is 1. The lowest BCUT2D eigenvalue weighted by molar-refractivity contribution is -0.113. The van der Waals surface area contributed by atoms with Crippen molar-refractivity contribution in [3.63, 3.8) is 0 Å². The summed E-state index contributed by atoms with van der Waals surface area (Å²) in [7, 11) is 3.15. The number of nitrogens with zero attached hydrogens (tertiary/aromatic N) is 3. The Kier molecular flexibility index (Phi) is 6.56. The van der Waals surface area contributed by atoms with Gasteiger partial charge in [0.2, 0.25) is 5.91 Å². The van der Waals surface area contributed by atoms with E-state index in [-0.39, 0.29) is 11.7 Å². The highest BCUT2D eigenvalue weighted by atomic mass is 35.5. The number of thioether (sulfide) groups is 1. The maximum atomic E-state index is 12.4. The van der Waals surface area contributed by atoms with Crippen LogP contribution in [-0.4, -0.2) is 39.5 Å². The summed E-state index contributed by atoms with van der Waals surface area (Å²) >= 11 is 7.37. The first-order chi connectivity index (χ1) is 13.9. The molecular weight excluding hydrogens is 412 g/mol. The largest absolute Gasteiger partial charge is 0.465 e. The number of ether oxygens (including phenoxy) is 1. The van der Waals surface area contributed by atoms with Crippen molar-refractivity contribution >= 4 is 40.9 Å². The van der Waals surface area contributed by atoms with Gasteiger partial charge in [0.05, 0.1) is 29.1 Å². The van der Waals surface area contributed by atoms with Gasteiger partial charge in [-0.15, -0.1) is 10.2 Å². The molecule has 3 rings (SSSR count). The number of rotatable bonds is 6. The summed E-state index contributed by atoms with van der Waals surface area (Å²) in [5, 5.41) is 12.1. The topological polar surface area (TPSA) is 86.1 Å². The van der Waals surface area contributed by atoms with E-state index in [2.05, 4.69) is 20.3 Å². The van der Waals surface area contributed by atoms with Gasteiger partial charge in [0.1, 0.15) is 0 Å². The Morgan fingerprint density at radius 1 is 1.21 bits per heavy atom. The average molecular weight is 431 g/mol. The summed E-state index contributed by atoms with van der Waals surface area (Å²) in [6.07, 6.45) is 0. The molecule has 1 amide bonds. The number of carbonyl (C=O) groups is 2. The van der Waals surface area contributed by atoms with Gasteiger partial charge < -0.3 is 14.6 Å². The van der Waals surface area contributed by atoms with E-state index in [9.17, 15) is 9.59 Å². The molecule has 150 valence electrons. The van der Waals surface area contributed by atoms with Crippen LogP contribution in [0.3, 0.4) is 0 Å². The van der Waals surface area contributed by atoms with Crippen LogP contribution in [0.15, 0.2) is 47.6 Å². The molecule has 0 unspecified atom stereocenters. The van der Waals surface area contributed by atoms with Gasteiger partial charge in [-0.1, -0.05) is 47.1 Å². The molecule has 1 heterocycles. The maximum absolute atomic E-state index is 12.4. The van der Waals surface area contributed by atoms with E-state index in [1.165, 1.54) is 37.1 Å². The number of amides is 1. The predicted octanol–water partition coefficient (Wildman–Crippen LogP) is 3.96. The van der Waals surface area contributed by atoms with Gasteiger partial charge in [0.15, 0.2) is 11.0 Å². The Hall–Kier alpha value is -2.84. The molecule has 2 aromatic carbocycles. The van der Waals surface area contributed by atoms with Gasteiger partial charge in [-0.05, 0) is 31.2 Å². The van der Waals surface area contributed by atoms with Crippen LogP contribution in [0.1, 0.15) is 15.9 Å². The third kappa shape index (κ3) is 4.96. The van der Waals surface area contributed by atoms with Crippen LogP contribution in [-0.2, 0) is 16.6 Å². The number of carbonyl (C=O) groups excluding carboxylic acids is 2. The third-order valence-corrected chi connectivity index (χ3v) is 5.45. The van der Waals surface area contributed by atoms with Crippen molar-refractivity contribution in [3.05, 3.63) is 58.6 Å². The maximum Gasteiger partial charge on any atom is 0.337 e. The van der Waals surface area contributed by atoms with E-state index >= 15 is 0 Å². The zero-order valence-electron chi connectivity index (χ0n) is 16.1. The van der Waals surface area contributed by atoms with Gasteiger partial charge in [0, 0.05) is 12.6 Å². The van der Waals surface area contributed by atoms with Crippen LogP contribution in [0, 0.1) is 6.92 Å². The summed E-state index contributed by atoms with van der Waals surface area (Å²) < 4.78 is 6.53. The number of methoxy groups -OCH3 is 1. The number of esters is 1. The Morgan fingerprint density at radius 2 is 2.00 bits per heavy atom. The van der Waals surface area contributed by atoms with E-state index in [1.807, 2.05) is 42.8 Å². The molecule has 0 radical (unpaired) electrons. The van der Waals surface area contributed by atoms with Crippen molar-refractivity contribution < 1.29 is 14.3 Å². The number of nitrogens with one attached hydrogen (secondary N) is 1. The van der Waals surface area contributed by atoms with Gasteiger partial charge in [-0.2, -0.15) is 0 Å². The minimum Gasteiger partial charge on any atom is -0.465 e. The second-order valence-electron chi connectivity index (χ2n) is 6.26. The van der Waals surface area contributed by atoms with E-state index in [4.69, 9.17) is 11.6 Å². The number of benzene rings is 2. The van der Waals surface area contributed by atoms with Crippen LogP contribution in [0.2, 0.25) is 5.02 Å². The molecule has 0 atom stereocenters. The molecule has 0 aliphatic carbocycles. The van der Waals surface area contributed by atoms with Crippen LogP contribution < -0.4 is 5.32 Å². The first-order valence-corrected chi connectivity index (χ1v) is 10.0. The molecule has 0 bridgehead atoms. The Labute approximate surface area is 177 Å². The summed E-state index contributed by atoms with van der Waals surface area (Å²) in [6, 6.07) is 12.5. The second-order valence-corrected chi connectivity index (χ2v) is 7.61. The fraction of sp³-hybridized carbons (Fsp3) is 0.200. The monoisotopic (exact) mass is 430 g/mol. The van der Waals surface area contributed by atoms with Crippen molar-refractivity contribution in [2.75, 3.05) is 18.2 Å². The molecule has 1 N–H and O–H groups in total. The Bertz CT molecular complexity index is 1070. The molecule has 0 spiro atoms. The SMILES string of the molecule is COC(=O)c1ccc(Cl)c(NC(=O)CSc2nnc(-c3cccc(C)c3)n2C)c1. The molecule has 0 fully saturated rings. The van der Waals surface area contributed by atoms with Gasteiger partial charge in [0.25, 0.3) is 0 Å². The van der Waals surface area contributed by atoms with E-state index < -0.39 is 5.97 Å². The van der Waals surface area contributed by atoms with Crippen LogP contribution in [0.25, 0.3) is 11.4 Å². The minimum atomic E-state index is -0.505. The Morgan fingerprint density at radius 3 is 2.72 bits per heavy atom. The molecule has 0 aliphatic rings. The minimum absolute atomic E-state index is 0.110.